The molecule has 0 fully saturated rings. The fourth-order valence-electron chi connectivity index (χ4n) is 3.16. The summed E-state index contributed by atoms with van der Waals surface area (Å²) in [4.78, 5) is 0.367. The van der Waals surface area contributed by atoms with Gasteiger partial charge in [0.15, 0.2) is 0 Å². The zero-order valence-corrected chi connectivity index (χ0v) is 17.3. The van der Waals surface area contributed by atoms with Gasteiger partial charge in [-0.1, -0.05) is 50.2 Å². The average molecular weight is 389 g/mol. The predicted octanol–water partition coefficient (Wildman–Crippen LogP) is 4.45. The van der Waals surface area contributed by atoms with Gasteiger partial charge in [0.25, 0.3) is 0 Å². The maximum atomic E-state index is 12.8. The molecule has 0 aliphatic carbocycles. The summed E-state index contributed by atoms with van der Waals surface area (Å²) in [5.74, 6) is 0. The molecular weight excluding hydrogens is 356 g/mol. The van der Waals surface area contributed by atoms with Gasteiger partial charge in [-0.25, -0.2) is 8.42 Å². The van der Waals surface area contributed by atoms with E-state index in [0.29, 0.717) is 18.0 Å². The van der Waals surface area contributed by atoms with Crippen LogP contribution in [0.25, 0.3) is 11.1 Å². The maximum absolute atomic E-state index is 12.8. The molecule has 0 aliphatic heterocycles. The van der Waals surface area contributed by atoms with Crippen molar-refractivity contribution in [3.05, 3.63) is 54.1 Å². The van der Waals surface area contributed by atoms with Gasteiger partial charge in [-0.15, -0.1) is 0 Å². The Bertz CT molecular complexity index is 778. The number of hydrogen-bond donors (Lipinski definition) is 1. The molecule has 0 radical (unpaired) electrons. The predicted molar refractivity (Wildman–Crippen MR) is 113 cm³/mol. The third kappa shape index (κ3) is 5.89. The SMILES string of the molecule is CCCN(CCC)S(=O)(=O)c1ccc(-c2ccc(CCCCN)cc2)cc1. The van der Waals surface area contributed by atoms with E-state index < -0.39 is 10.0 Å². The van der Waals surface area contributed by atoms with Crippen LogP contribution >= 0.6 is 0 Å². The van der Waals surface area contributed by atoms with Crippen molar-refractivity contribution in [3.63, 3.8) is 0 Å². The van der Waals surface area contributed by atoms with E-state index in [9.17, 15) is 8.42 Å². The molecule has 4 nitrogen and oxygen atoms in total. The van der Waals surface area contributed by atoms with E-state index in [1.165, 1.54) is 5.56 Å². The minimum Gasteiger partial charge on any atom is -0.330 e. The third-order valence-electron chi connectivity index (χ3n) is 4.64. The Balaban J connectivity index is 2.14. The van der Waals surface area contributed by atoms with Crippen LogP contribution in [0.5, 0.6) is 0 Å². The maximum Gasteiger partial charge on any atom is 0.243 e. The van der Waals surface area contributed by atoms with E-state index in [-0.39, 0.29) is 0 Å². The number of nitrogens with two attached hydrogens (primary N) is 1. The molecule has 148 valence electrons. The van der Waals surface area contributed by atoms with Gasteiger partial charge in [-0.2, -0.15) is 4.31 Å². The first-order chi connectivity index (χ1) is 13.0. The average Bonchev–Trinajstić information content (AvgIpc) is 2.69. The van der Waals surface area contributed by atoms with Crippen molar-refractivity contribution in [2.75, 3.05) is 19.6 Å². The van der Waals surface area contributed by atoms with Gasteiger partial charge in [0.2, 0.25) is 10.0 Å². The molecule has 0 saturated heterocycles. The van der Waals surface area contributed by atoms with Gasteiger partial charge in [0.05, 0.1) is 4.90 Å². The molecule has 5 heteroatoms. The lowest BCUT2D eigenvalue weighted by Gasteiger charge is -2.21. The topological polar surface area (TPSA) is 63.4 Å². The molecule has 0 heterocycles. The largest absolute Gasteiger partial charge is 0.330 e. The second kappa shape index (κ2) is 10.6. The summed E-state index contributed by atoms with van der Waals surface area (Å²) in [7, 11) is -3.42. The van der Waals surface area contributed by atoms with Crippen LogP contribution in [-0.4, -0.2) is 32.4 Å². The summed E-state index contributed by atoms with van der Waals surface area (Å²) in [5.41, 5.74) is 8.97. The Morgan fingerprint density at radius 3 is 1.81 bits per heavy atom. The fraction of sp³-hybridized carbons (Fsp3) is 0.455. The molecule has 0 aromatic heterocycles. The Labute approximate surface area is 164 Å². The minimum atomic E-state index is -3.42. The van der Waals surface area contributed by atoms with Crippen molar-refractivity contribution in [2.24, 2.45) is 5.73 Å². The first-order valence-electron chi connectivity index (χ1n) is 9.92. The van der Waals surface area contributed by atoms with Crippen molar-refractivity contribution in [2.45, 2.75) is 50.8 Å². The van der Waals surface area contributed by atoms with E-state index >= 15 is 0 Å². The summed E-state index contributed by atoms with van der Waals surface area (Å²) >= 11 is 0. The molecule has 0 saturated carbocycles. The second-order valence-electron chi connectivity index (χ2n) is 6.87. The fourth-order valence-corrected chi connectivity index (χ4v) is 4.78. The Kier molecular flexibility index (Phi) is 8.48. The van der Waals surface area contributed by atoms with E-state index in [0.717, 1.165) is 49.8 Å². The zero-order valence-electron chi connectivity index (χ0n) is 16.5. The van der Waals surface area contributed by atoms with Gasteiger partial charge in [0.1, 0.15) is 0 Å². The van der Waals surface area contributed by atoms with Crippen LogP contribution in [0.4, 0.5) is 0 Å². The summed E-state index contributed by atoms with van der Waals surface area (Å²) in [6, 6.07) is 15.7. The van der Waals surface area contributed by atoms with Gasteiger partial charge in [-0.3, -0.25) is 0 Å². The number of aryl methyl sites for hydroxylation is 1. The molecule has 0 atom stereocenters. The molecule has 0 unspecified atom stereocenters. The third-order valence-corrected chi connectivity index (χ3v) is 6.56. The number of rotatable bonds is 11. The molecule has 0 aliphatic rings. The highest BCUT2D eigenvalue weighted by Crippen LogP contribution is 2.24. The molecule has 27 heavy (non-hydrogen) atoms. The van der Waals surface area contributed by atoms with Crippen LogP contribution in [0.1, 0.15) is 45.1 Å². The van der Waals surface area contributed by atoms with E-state index in [1.54, 1.807) is 16.4 Å². The molecule has 0 amide bonds. The van der Waals surface area contributed by atoms with Crippen molar-refractivity contribution < 1.29 is 8.42 Å². The van der Waals surface area contributed by atoms with Crippen molar-refractivity contribution in [1.29, 1.82) is 0 Å². The number of hydrogen-bond acceptors (Lipinski definition) is 3. The van der Waals surface area contributed by atoms with E-state index in [1.807, 2.05) is 26.0 Å². The normalized spacial score (nSPS) is 11.9. The second-order valence-corrected chi connectivity index (χ2v) is 8.81. The first kappa shape index (κ1) is 21.6. The van der Waals surface area contributed by atoms with Crippen LogP contribution in [0.3, 0.4) is 0 Å². The summed E-state index contributed by atoms with van der Waals surface area (Å²) in [6.45, 7) is 5.86. The lowest BCUT2D eigenvalue weighted by atomic mass is 10.0. The first-order valence-corrected chi connectivity index (χ1v) is 11.4. The molecule has 0 spiro atoms. The number of unbranched alkanes of at least 4 members (excludes halogenated alkanes) is 1. The van der Waals surface area contributed by atoms with Crippen LogP contribution in [0, 0.1) is 0 Å². The molecule has 2 rings (SSSR count). The van der Waals surface area contributed by atoms with Gasteiger partial charge in [0, 0.05) is 13.1 Å². The Morgan fingerprint density at radius 1 is 0.815 bits per heavy atom. The minimum absolute atomic E-state index is 0.367. The number of benzene rings is 2. The molecule has 2 N–H and O–H groups in total. The highest BCUT2D eigenvalue weighted by molar-refractivity contribution is 7.89. The summed E-state index contributed by atoms with van der Waals surface area (Å²) in [5, 5.41) is 0. The Hall–Kier alpha value is -1.69. The van der Waals surface area contributed by atoms with Crippen LogP contribution < -0.4 is 5.73 Å². The van der Waals surface area contributed by atoms with Crippen molar-refractivity contribution >= 4 is 10.0 Å². The van der Waals surface area contributed by atoms with Crippen LogP contribution in [0.2, 0.25) is 0 Å². The van der Waals surface area contributed by atoms with Gasteiger partial charge < -0.3 is 5.73 Å². The number of nitrogens with zero attached hydrogens (tertiary/aromatic N) is 1. The zero-order chi connectivity index (χ0) is 19.7. The van der Waals surface area contributed by atoms with Gasteiger partial charge >= 0.3 is 0 Å². The smallest absolute Gasteiger partial charge is 0.243 e. The molecule has 2 aromatic rings. The quantitative estimate of drug-likeness (QED) is 0.579. The highest BCUT2D eigenvalue weighted by atomic mass is 32.2. The lowest BCUT2D eigenvalue weighted by Crippen LogP contribution is -2.32. The Morgan fingerprint density at radius 2 is 1.33 bits per heavy atom. The van der Waals surface area contributed by atoms with Gasteiger partial charge in [-0.05, 0) is 67.5 Å². The molecule has 2 aromatic carbocycles. The van der Waals surface area contributed by atoms with Crippen LogP contribution in [0.15, 0.2) is 53.4 Å². The van der Waals surface area contributed by atoms with Crippen LogP contribution in [-0.2, 0) is 16.4 Å². The summed E-state index contributed by atoms with van der Waals surface area (Å²) < 4.78 is 27.3. The highest BCUT2D eigenvalue weighted by Gasteiger charge is 2.22. The van der Waals surface area contributed by atoms with Crippen molar-refractivity contribution in [1.82, 2.24) is 4.31 Å². The van der Waals surface area contributed by atoms with E-state index in [2.05, 4.69) is 24.3 Å². The van der Waals surface area contributed by atoms with Crippen molar-refractivity contribution in [3.8, 4) is 11.1 Å². The molecular formula is C22H32N2O2S. The molecule has 0 bridgehead atoms. The monoisotopic (exact) mass is 388 g/mol. The standard InChI is InChI=1S/C22H32N2O2S/c1-3-17-24(18-4-2)27(25,26)22-14-12-21(13-15-22)20-10-8-19(9-11-20)7-5-6-16-23/h8-15H,3-7,16-18,23H2,1-2H3. The lowest BCUT2D eigenvalue weighted by molar-refractivity contribution is 0.410. The number of sulfonamides is 1. The van der Waals surface area contributed by atoms with E-state index in [4.69, 9.17) is 5.73 Å². The summed E-state index contributed by atoms with van der Waals surface area (Å²) in [6.07, 6.45) is 4.82.